The number of fused-ring (bicyclic) bond motifs is 1. The van der Waals surface area contributed by atoms with E-state index in [1.807, 2.05) is 36.4 Å². The summed E-state index contributed by atoms with van der Waals surface area (Å²) in [5.74, 6) is 0.0736. The van der Waals surface area contributed by atoms with Crippen LogP contribution in [0.1, 0.15) is 40.1 Å². The van der Waals surface area contributed by atoms with Crippen molar-refractivity contribution in [2.45, 2.75) is 19.3 Å². The largest absolute Gasteiger partial charge is 0.350 e. The lowest BCUT2D eigenvalue weighted by atomic mass is 9.85. The first-order chi connectivity index (χ1) is 13.2. The molecule has 0 bridgehead atoms. The lowest BCUT2D eigenvalue weighted by Crippen LogP contribution is -2.33. The number of carbonyl (C=O) groups is 2. The lowest BCUT2D eigenvalue weighted by Gasteiger charge is -2.25. The van der Waals surface area contributed by atoms with Crippen LogP contribution in [-0.2, 0) is 0 Å². The predicted octanol–water partition coefficient (Wildman–Crippen LogP) is 3.41. The Labute approximate surface area is 157 Å². The van der Waals surface area contributed by atoms with Gasteiger partial charge in [0.15, 0.2) is 11.5 Å². The van der Waals surface area contributed by atoms with Crippen LogP contribution in [0.25, 0.3) is 10.8 Å². The summed E-state index contributed by atoms with van der Waals surface area (Å²) in [6.07, 6.45) is 6.42. The van der Waals surface area contributed by atoms with Crippen LogP contribution in [0.4, 0.5) is 5.82 Å². The van der Waals surface area contributed by atoms with E-state index in [1.165, 1.54) is 18.8 Å². The molecule has 4 rings (SSSR count). The highest BCUT2D eigenvalue weighted by atomic mass is 16.2. The summed E-state index contributed by atoms with van der Waals surface area (Å²) >= 11 is 0. The number of benzene rings is 2. The Morgan fingerprint density at radius 2 is 1.74 bits per heavy atom. The first-order valence-corrected chi connectivity index (χ1v) is 9.10. The molecule has 27 heavy (non-hydrogen) atoms. The number of aromatic nitrogens is 2. The van der Waals surface area contributed by atoms with Crippen LogP contribution in [0, 0.1) is 5.92 Å². The Bertz CT molecular complexity index is 993. The number of carbonyl (C=O) groups excluding carboxylic acids is 2. The topological polar surface area (TPSA) is 84.0 Å². The smallest absolute Gasteiger partial charge is 0.273 e. The van der Waals surface area contributed by atoms with Gasteiger partial charge in [-0.3, -0.25) is 9.59 Å². The maximum atomic E-state index is 12.8. The molecule has 1 aliphatic carbocycles. The molecular weight excluding hydrogens is 340 g/mol. The van der Waals surface area contributed by atoms with E-state index in [0.717, 1.165) is 23.6 Å². The molecule has 0 aliphatic heterocycles. The van der Waals surface area contributed by atoms with Gasteiger partial charge in [-0.05, 0) is 35.6 Å². The molecular formula is C21H20N4O2. The monoisotopic (exact) mass is 360 g/mol. The molecule has 1 fully saturated rings. The minimum Gasteiger partial charge on any atom is -0.350 e. The van der Waals surface area contributed by atoms with Gasteiger partial charge in [-0.15, -0.1) is 0 Å². The average Bonchev–Trinajstić information content (AvgIpc) is 2.66. The van der Waals surface area contributed by atoms with Gasteiger partial charge in [-0.25, -0.2) is 9.97 Å². The zero-order valence-electron chi connectivity index (χ0n) is 14.8. The van der Waals surface area contributed by atoms with Gasteiger partial charge in [0, 0.05) is 24.5 Å². The third kappa shape index (κ3) is 3.65. The van der Waals surface area contributed by atoms with Gasteiger partial charge < -0.3 is 10.6 Å². The molecule has 1 aliphatic rings. The molecule has 0 radical (unpaired) electrons. The predicted molar refractivity (Wildman–Crippen MR) is 104 cm³/mol. The molecule has 0 atom stereocenters. The molecule has 136 valence electrons. The van der Waals surface area contributed by atoms with Crippen molar-refractivity contribution in [2.24, 2.45) is 5.92 Å². The molecule has 0 spiro atoms. The van der Waals surface area contributed by atoms with Crippen molar-refractivity contribution < 1.29 is 9.59 Å². The quantitative estimate of drug-likeness (QED) is 0.730. The van der Waals surface area contributed by atoms with Gasteiger partial charge >= 0.3 is 0 Å². The SMILES string of the molecule is O=C(NCC1CCC1)c1nccnc1NC(=O)c1cccc2ccccc12. The van der Waals surface area contributed by atoms with Crippen molar-refractivity contribution in [3.8, 4) is 0 Å². The summed E-state index contributed by atoms with van der Waals surface area (Å²) in [6, 6.07) is 13.2. The standard InChI is InChI=1S/C21H20N4O2/c26-20(17-10-4-8-15-7-1-2-9-16(15)17)25-19-18(22-11-12-23-19)21(27)24-13-14-5-3-6-14/h1-2,4,7-12,14H,3,5-6,13H2,(H,24,27)(H,23,25,26). The number of rotatable bonds is 5. The summed E-state index contributed by atoms with van der Waals surface area (Å²) in [5.41, 5.74) is 0.657. The number of nitrogens with zero attached hydrogens (tertiary/aromatic N) is 2. The van der Waals surface area contributed by atoms with Gasteiger partial charge in [0.1, 0.15) is 0 Å². The Kier molecular flexibility index (Phi) is 4.78. The van der Waals surface area contributed by atoms with Crippen LogP contribution in [0.3, 0.4) is 0 Å². The van der Waals surface area contributed by atoms with E-state index in [9.17, 15) is 9.59 Å². The van der Waals surface area contributed by atoms with E-state index in [4.69, 9.17) is 0 Å². The Morgan fingerprint density at radius 3 is 2.56 bits per heavy atom. The fraction of sp³-hybridized carbons (Fsp3) is 0.238. The minimum absolute atomic E-state index is 0.130. The number of nitrogens with one attached hydrogen (secondary N) is 2. The number of hydrogen-bond acceptors (Lipinski definition) is 4. The molecule has 2 amide bonds. The van der Waals surface area contributed by atoms with Crippen LogP contribution in [0.5, 0.6) is 0 Å². The van der Waals surface area contributed by atoms with Gasteiger partial charge in [0.05, 0.1) is 0 Å². The third-order valence-corrected chi connectivity index (χ3v) is 4.96. The molecule has 3 aromatic rings. The first-order valence-electron chi connectivity index (χ1n) is 9.10. The van der Waals surface area contributed by atoms with E-state index in [2.05, 4.69) is 20.6 Å². The molecule has 1 saturated carbocycles. The Balaban J connectivity index is 1.55. The molecule has 0 saturated heterocycles. The molecule has 2 N–H and O–H groups in total. The second kappa shape index (κ2) is 7.53. The average molecular weight is 360 g/mol. The van der Waals surface area contributed by atoms with Crippen molar-refractivity contribution in [1.82, 2.24) is 15.3 Å². The second-order valence-electron chi connectivity index (χ2n) is 6.74. The van der Waals surface area contributed by atoms with Crippen LogP contribution in [0.15, 0.2) is 54.9 Å². The van der Waals surface area contributed by atoms with Crippen LogP contribution in [0.2, 0.25) is 0 Å². The summed E-state index contributed by atoms with van der Waals surface area (Å²) in [5, 5.41) is 7.45. The highest BCUT2D eigenvalue weighted by Gasteiger charge is 2.21. The van der Waals surface area contributed by atoms with E-state index in [1.54, 1.807) is 6.07 Å². The molecule has 1 heterocycles. The number of hydrogen-bond donors (Lipinski definition) is 2. The van der Waals surface area contributed by atoms with Crippen molar-refractivity contribution in [1.29, 1.82) is 0 Å². The van der Waals surface area contributed by atoms with Crippen molar-refractivity contribution in [2.75, 3.05) is 11.9 Å². The van der Waals surface area contributed by atoms with Crippen molar-refractivity contribution in [3.05, 3.63) is 66.1 Å². The van der Waals surface area contributed by atoms with Gasteiger partial charge in [0.2, 0.25) is 0 Å². The summed E-state index contributed by atoms with van der Waals surface area (Å²) in [7, 11) is 0. The van der Waals surface area contributed by atoms with Gasteiger partial charge in [0.25, 0.3) is 11.8 Å². The number of anilines is 1. The van der Waals surface area contributed by atoms with Crippen LogP contribution in [-0.4, -0.2) is 28.3 Å². The minimum atomic E-state index is -0.319. The van der Waals surface area contributed by atoms with Crippen LogP contribution < -0.4 is 10.6 Å². The first kappa shape index (κ1) is 17.1. The van der Waals surface area contributed by atoms with Crippen LogP contribution >= 0.6 is 0 Å². The van der Waals surface area contributed by atoms with E-state index in [-0.39, 0.29) is 23.3 Å². The molecule has 6 nitrogen and oxygen atoms in total. The summed E-state index contributed by atoms with van der Waals surface area (Å²) in [4.78, 5) is 33.6. The lowest BCUT2D eigenvalue weighted by molar-refractivity contribution is 0.0934. The fourth-order valence-corrected chi connectivity index (χ4v) is 3.21. The normalized spacial score (nSPS) is 13.8. The highest BCUT2D eigenvalue weighted by molar-refractivity contribution is 6.14. The molecule has 6 heteroatoms. The Morgan fingerprint density at radius 1 is 0.963 bits per heavy atom. The van der Waals surface area contributed by atoms with Crippen molar-refractivity contribution in [3.63, 3.8) is 0 Å². The second-order valence-corrected chi connectivity index (χ2v) is 6.74. The molecule has 0 unspecified atom stereocenters. The van der Waals surface area contributed by atoms with E-state index >= 15 is 0 Å². The van der Waals surface area contributed by atoms with Gasteiger partial charge in [-0.2, -0.15) is 0 Å². The van der Waals surface area contributed by atoms with E-state index in [0.29, 0.717) is 18.0 Å². The maximum absolute atomic E-state index is 12.8. The molecule has 1 aromatic heterocycles. The van der Waals surface area contributed by atoms with Gasteiger partial charge in [-0.1, -0.05) is 42.8 Å². The number of amides is 2. The Hall–Kier alpha value is -3.28. The van der Waals surface area contributed by atoms with E-state index < -0.39 is 0 Å². The summed E-state index contributed by atoms with van der Waals surface area (Å²) in [6.45, 7) is 0.631. The third-order valence-electron chi connectivity index (χ3n) is 4.96. The zero-order chi connectivity index (χ0) is 18.6. The maximum Gasteiger partial charge on any atom is 0.273 e. The highest BCUT2D eigenvalue weighted by Crippen LogP contribution is 2.25. The fourth-order valence-electron chi connectivity index (χ4n) is 3.21. The molecule has 2 aromatic carbocycles. The summed E-state index contributed by atoms with van der Waals surface area (Å²) < 4.78 is 0. The van der Waals surface area contributed by atoms with Crippen molar-refractivity contribution >= 4 is 28.4 Å². The zero-order valence-corrected chi connectivity index (χ0v) is 14.8.